The van der Waals surface area contributed by atoms with Gasteiger partial charge in [0.2, 0.25) is 18.6 Å². The highest BCUT2D eigenvalue weighted by Gasteiger charge is 2.30. The van der Waals surface area contributed by atoms with Gasteiger partial charge in [0.05, 0.1) is 77.3 Å². The first-order valence-corrected chi connectivity index (χ1v) is 45.1. The fourth-order valence-corrected chi connectivity index (χ4v) is 14.3. The van der Waals surface area contributed by atoms with Crippen LogP contribution in [0.3, 0.4) is 0 Å². The molecule has 6 aromatic carbocycles. The minimum atomic E-state index is -0.353. The molecule has 0 bridgehead atoms. The van der Waals surface area contributed by atoms with Gasteiger partial charge < -0.3 is 89.5 Å². The largest absolute Gasteiger partial charge is 0.508 e. The van der Waals surface area contributed by atoms with Crippen molar-refractivity contribution >= 4 is 23.9 Å². The molecule has 6 amide bonds. The maximum Gasteiger partial charge on any atom is 0.316 e. The quantitative estimate of drug-likeness (QED) is 0.00763. The van der Waals surface area contributed by atoms with Gasteiger partial charge in [-0.2, -0.15) is 0 Å². The Morgan fingerprint density at radius 2 is 0.621 bits per heavy atom. The third kappa shape index (κ3) is 43.9. The number of nitrogens with one attached hydrogen (secondary N) is 6. The Morgan fingerprint density at radius 3 is 0.947 bits per heavy atom. The molecule has 0 atom stereocenters. The second-order valence-corrected chi connectivity index (χ2v) is 32.8. The summed E-state index contributed by atoms with van der Waals surface area (Å²) in [6.07, 6.45) is 36.6. The summed E-state index contributed by atoms with van der Waals surface area (Å²) < 4.78 is 52.2. The molecule has 0 aliphatic heterocycles. The molecule has 2 aliphatic carbocycles. The van der Waals surface area contributed by atoms with E-state index in [0.717, 1.165) is 134 Å². The highest BCUT2D eigenvalue weighted by atomic mass is 16.7. The molecule has 6 aromatic rings. The minimum Gasteiger partial charge on any atom is -0.508 e. The fourth-order valence-electron chi connectivity index (χ4n) is 14.3. The van der Waals surface area contributed by atoms with Crippen molar-refractivity contribution in [2.45, 2.75) is 161 Å². The van der Waals surface area contributed by atoms with Crippen LogP contribution in [0, 0.1) is 23.7 Å². The second kappa shape index (κ2) is 66.2. The van der Waals surface area contributed by atoms with E-state index in [0.29, 0.717) is 126 Å². The molecule has 0 unspecified atom stereocenters. The van der Waals surface area contributed by atoms with Gasteiger partial charge in [-0.15, -0.1) is 26.3 Å². The smallest absolute Gasteiger partial charge is 0.316 e. The standard InChI is InChI=1S/C27H32O2.C23H38N2O4.2C21H24O2.C13H24N4O4.C5H8O2/c1-7-11-21-19-23(13-15-25(21)28-17-9-3)27(5,6)24-14-16-26(29-18-10-4)22(20-24)12-8-2;1-3-28-15-20-9-5-18(6-10-20)13-22(26)24-17-25-23(27)14-19-7-11-21(12-8-19)16-29-4-2;1-5-15-22-19-11-7-17(8-12-19)21(3,4)18-9-13-20(14-10-18)23-16-6-2;1-5-7-15-13-17(9-11-19(15)22)21(3,4)18-10-12-20(23)16(14-18)8-6-2;1-3-20-9-5-7-14-12(18)16-11-17-13(19)15-8-6-10-21-4-2;1-3-6-5-7-4-2/h7-10,13-16,19-20H,1-4,11-12,17-18H2,5-6H3;3-4,18-21H,1-2,5-17H2,(H,24,26)(H,25,27);5-14H,1-2,15-16H2,3-4H3;5-6,9-14,22-23H,1-2,7-8H2,3-4H3;3-4H,1-2,5-11H2,(H2,14,16,18)(H2,15,17,19);3-4H,1-2,5H2. The van der Waals surface area contributed by atoms with Gasteiger partial charge >= 0.3 is 12.1 Å². The molecule has 2 aliphatic rings. The third-order valence-electron chi connectivity index (χ3n) is 22.1. The Bertz CT molecular complexity index is 4240. The Labute approximate surface area is 788 Å². The van der Waals surface area contributed by atoms with Crippen LogP contribution in [0.15, 0.2) is 300 Å². The van der Waals surface area contributed by atoms with Crippen molar-refractivity contribution in [3.63, 3.8) is 0 Å². The first kappa shape index (κ1) is 113. The molecule has 0 aromatic heterocycles. The average molecular weight is 1810 g/mol. The van der Waals surface area contributed by atoms with Crippen LogP contribution >= 0.6 is 0 Å². The van der Waals surface area contributed by atoms with E-state index in [1.807, 2.05) is 72.8 Å². The molecular formula is C110H150N6O16. The van der Waals surface area contributed by atoms with Crippen LogP contribution in [0.2, 0.25) is 0 Å². The van der Waals surface area contributed by atoms with Crippen LogP contribution in [0.1, 0.15) is 174 Å². The van der Waals surface area contributed by atoms with E-state index in [9.17, 15) is 29.4 Å². The molecule has 716 valence electrons. The number of benzene rings is 6. The van der Waals surface area contributed by atoms with E-state index in [4.69, 9.17) is 37.9 Å². The second-order valence-electron chi connectivity index (χ2n) is 32.8. The zero-order valence-electron chi connectivity index (χ0n) is 79.5. The fraction of sp³-hybridized carbons (Fsp3) is 0.382. The van der Waals surface area contributed by atoms with Crippen molar-refractivity contribution in [3.05, 3.63) is 355 Å². The molecule has 132 heavy (non-hydrogen) atoms. The lowest BCUT2D eigenvalue weighted by Crippen LogP contribution is -2.46. The monoisotopic (exact) mass is 1810 g/mol. The van der Waals surface area contributed by atoms with E-state index in [1.54, 1.807) is 48.6 Å². The SMILES string of the molecule is C=CCOc1ccc(C(C)(C)c2ccc(OCC=C)c(CC=C)c2)cc1CC=C.C=CCOc1ccc(C(C)(C)c2ccc(OCC=C)cc2)cc1.C=CCc1cc(C(C)(C)c2ccc(O)c(CC=C)c2)ccc1O.C=COCC1CCC(CC(=O)NCNC(=O)CC2CCC(COC=C)CC2)CC1.C=COCCCNC(=O)NCNC(=O)NCCCOC=C.C=COCOC=C. The number of amides is 6. The molecule has 2 fully saturated rings. The minimum absolute atomic E-state index is 0.0267. The Balaban J connectivity index is 0.000000419. The van der Waals surface area contributed by atoms with Crippen molar-refractivity contribution in [2.75, 3.05) is 86.1 Å². The number of rotatable bonds is 54. The molecule has 8 N–H and O–H groups in total. The van der Waals surface area contributed by atoms with Crippen LogP contribution in [0.4, 0.5) is 9.59 Å². The number of hydrogen-bond acceptors (Lipinski definition) is 16. The summed E-state index contributed by atoms with van der Waals surface area (Å²) in [5, 5.41) is 35.8. The molecule has 0 heterocycles. The van der Waals surface area contributed by atoms with Crippen LogP contribution < -0.4 is 50.8 Å². The van der Waals surface area contributed by atoms with Crippen molar-refractivity contribution in [3.8, 4) is 34.5 Å². The van der Waals surface area contributed by atoms with Crippen LogP contribution in [-0.2, 0) is 79.9 Å². The molecule has 2 saturated carbocycles. The Kier molecular flexibility index (Phi) is 56.6. The summed E-state index contributed by atoms with van der Waals surface area (Å²) >= 11 is 0. The van der Waals surface area contributed by atoms with E-state index < -0.39 is 0 Å². The van der Waals surface area contributed by atoms with Crippen LogP contribution in [0.5, 0.6) is 34.5 Å². The normalized spacial score (nSPS) is 13.9. The molecular weight excluding hydrogens is 1660 g/mol. The number of carbonyl (C=O) groups excluding carboxylic acids is 4. The number of phenols is 2. The van der Waals surface area contributed by atoms with E-state index in [1.165, 1.54) is 59.8 Å². The highest BCUT2D eigenvalue weighted by Crippen LogP contribution is 2.40. The topological polar surface area (TPSA) is 273 Å². The summed E-state index contributed by atoms with van der Waals surface area (Å²) in [6.45, 7) is 69.7. The third-order valence-corrected chi connectivity index (χ3v) is 22.1. The maximum absolute atomic E-state index is 12.1. The van der Waals surface area contributed by atoms with Crippen LogP contribution in [-0.4, -0.2) is 120 Å². The Hall–Kier alpha value is -13.2. The number of phenolic OH excluding ortho intramolecular Hbond substituents is 2. The van der Waals surface area contributed by atoms with Crippen molar-refractivity contribution < 1.29 is 76.8 Å². The highest BCUT2D eigenvalue weighted by molar-refractivity contribution is 5.79. The average Bonchev–Trinajstić information content (AvgIpc) is 0.785. The van der Waals surface area contributed by atoms with E-state index in [-0.39, 0.29) is 60.3 Å². The van der Waals surface area contributed by atoms with Gasteiger partial charge in [0.1, 0.15) is 60.9 Å². The first-order valence-electron chi connectivity index (χ1n) is 45.1. The van der Waals surface area contributed by atoms with Gasteiger partial charge in [0, 0.05) is 42.2 Å². The summed E-state index contributed by atoms with van der Waals surface area (Å²) in [4.78, 5) is 46.9. The number of allylic oxidation sites excluding steroid dienone is 4. The zero-order valence-corrected chi connectivity index (χ0v) is 79.5. The number of urea groups is 2. The molecule has 0 spiro atoms. The summed E-state index contributed by atoms with van der Waals surface area (Å²) in [5.74, 6) is 6.15. The zero-order chi connectivity index (χ0) is 97.2. The van der Waals surface area contributed by atoms with Gasteiger partial charge in [-0.1, -0.05) is 229 Å². The van der Waals surface area contributed by atoms with Crippen molar-refractivity contribution in [1.82, 2.24) is 31.9 Å². The lowest BCUT2D eigenvalue weighted by atomic mass is 9.77. The molecule has 22 nitrogen and oxygen atoms in total. The van der Waals surface area contributed by atoms with Gasteiger partial charge in [-0.25, -0.2) is 9.59 Å². The number of carbonyl (C=O) groups is 4. The summed E-state index contributed by atoms with van der Waals surface area (Å²) in [5.41, 5.74) is 10.6. The summed E-state index contributed by atoms with van der Waals surface area (Å²) in [6, 6.07) is 40.0. The predicted octanol–water partition coefficient (Wildman–Crippen LogP) is 22.4. The van der Waals surface area contributed by atoms with Gasteiger partial charge in [0.15, 0.2) is 0 Å². The summed E-state index contributed by atoms with van der Waals surface area (Å²) in [7, 11) is 0. The maximum atomic E-state index is 12.1. The molecule has 22 heteroatoms. The van der Waals surface area contributed by atoms with Gasteiger partial charge in [-0.05, 0) is 218 Å². The first-order chi connectivity index (χ1) is 63.7. The molecule has 0 saturated heterocycles. The van der Waals surface area contributed by atoms with E-state index in [2.05, 4.69) is 224 Å². The van der Waals surface area contributed by atoms with Gasteiger partial charge in [0.25, 0.3) is 0 Å². The van der Waals surface area contributed by atoms with Crippen LogP contribution in [0.25, 0.3) is 0 Å². The lowest BCUT2D eigenvalue weighted by Gasteiger charge is -2.28. The number of ether oxygens (including phenoxy) is 10. The van der Waals surface area contributed by atoms with E-state index >= 15 is 0 Å². The number of aromatic hydroxyl groups is 2. The Morgan fingerprint density at radius 1 is 0.333 bits per heavy atom. The van der Waals surface area contributed by atoms with Crippen molar-refractivity contribution in [1.29, 1.82) is 0 Å². The van der Waals surface area contributed by atoms with Gasteiger partial charge in [-0.3, -0.25) is 9.59 Å². The van der Waals surface area contributed by atoms with Crippen molar-refractivity contribution in [2.24, 2.45) is 23.7 Å². The lowest BCUT2D eigenvalue weighted by molar-refractivity contribution is -0.124. The molecule has 0 radical (unpaired) electrons. The predicted molar refractivity (Wildman–Crippen MR) is 537 cm³/mol. The number of hydrogen-bond donors (Lipinski definition) is 8. The molecule has 8 rings (SSSR count).